The summed E-state index contributed by atoms with van der Waals surface area (Å²) < 4.78 is 2.30. The van der Waals surface area contributed by atoms with Crippen LogP contribution in [0.4, 0.5) is 0 Å². The lowest BCUT2D eigenvalue weighted by molar-refractivity contribution is 0.410. The highest BCUT2D eigenvalue weighted by atomic mass is 15.1. The summed E-state index contributed by atoms with van der Waals surface area (Å²) in [6.07, 6.45) is 9.09. The fourth-order valence-corrected chi connectivity index (χ4v) is 2.30. The van der Waals surface area contributed by atoms with Gasteiger partial charge in [-0.15, -0.1) is 0 Å². The number of rotatable bonds is 7. The van der Waals surface area contributed by atoms with Gasteiger partial charge in [0.05, 0.1) is 0 Å². The molecule has 1 heterocycles. The molecule has 0 spiro atoms. The van der Waals surface area contributed by atoms with Gasteiger partial charge in [0.25, 0.3) is 0 Å². The molecule has 0 amide bonds. The van der Waals surface area contributed by atoms with E-state index >= 15 is 0 Å². The van der Waals surface area contributed by atoms with Crippen molar-refractivity contribution in [1.29, 1.82) is 0 Å². The van der Waals surface area contributed by atoms with E-state index in [1.54, 1.807) is 0 Å². The van der Waals surface area contributed by atoms with E-state index in [-0.39, 0.29) is 5.41 Å². The van der Waals surface area contributed by atoms with Crippen LogP contribution >= 0.6 is 0 Å². The first-order valence-electron chi connectivity index (χ1n) is 6.88. The van der Waals surface area contributed by atoms with Crippen molar-refractivity contribution in [3.63, 3.8) is 0 Å². The van der Waals surface area contributed by atoms with Crippen LogP contribution in [0, 0.1) is 0 Å². The molecular weight excluding hydrogens is 210 g/mol. The molecule has 0 aromatic carbocycles. The van der Waals surface area contributed by atoms with Gasteiger partial charge in [0.2, 0.25) is 0 Å². The van der Waals surface area contributed by atoms with E-state index in [2.05, 4.69) is 41.8 Å². The Bertz CT molecular complexity index is 350. The maximum absolute atomic E-state index is 4.56. The van der Waals surface area contributed by atoms with Gasteiger partial charge in [0.1, 0.15) is 5.82 Å². The zero-order valence-electron chi connectivity index (χ0n) is 11.4. The van der Waals surface area contributed by atoms with Crippen LogP contribution in [0.3, 0.4) is 0 Å². The van der Waals surface area contributed by atoms with Gasteiger partial charge in [-0.05, 0) is 32.2 Å². The van der Waals surface area contributed by atoms with Gasteiger partial charge in [0, 0.05) is 30.4 Å². The predicted octanol–water partition coefficient (Wildman–Crippen LogP) is 2.71. The minimum atomic E-state index is 0.167. The summed E-state index contributed by atoms with van der Waals surface area (Å²) in [6.45, 7) is 9.00. The fourth-order valence-electron chi connectivity index (χ4n) is 2.30. The van der Waals surface area contributed by atoms with E-state index in [9.17, 15) is 0 Å². The van der Waals surface area contributed by atoms with Crippen molar-refractivity contribution in [2.24, 2.45) is 0 Å². The lowest BCUT2D eigenvalue weighted by atomic mass is 9.88. The number of imidazole rings is 1. The highest BCUT2D eigenvalue weighted by molar-refractivity contribution is 5.07. The van der Waals surface area contributed by atoms with E-state index in [0.717, 1.165) is 25.6 Å². The van der Waals surface area contributed by atoms with Crippen molar-refractivity contribution >= 4 is 0 Å². The summed E-state index contributed by atoms with van der Waals surface area (Å²) >= 11 is 0. The number of hydrogen-bond acceptors (Lipinski definition) is 2. The molecule has 1 N–H and O–H groups in total. The van der Waals surface area contributed by atoms with Gasteiger partial charge < -0.3 is 9.88 Å². The second-order valence-electron chi connectivity index (χ2n) is 5.81. The average Bonchev–Trinajstić information content (AvgIpc) is 2.96. The predicted molar refractivity (Wildman–Crippen MR) is 71.2 cm³/mol. The molecule has 0 atom stereocenters. The summed E-state index contributed by atoms with van der Waals surface area (Å²) in [4.78, 5) is 4.56. The van der Waals surface area contributed by atoms with Crippen LogP contribution < -0.4 is 5.32 Å². The van der Waals surface area contributed by atoms with E-state index in [1.807, 2.05) is 6.20 Å². The Morgan fingerprint density at radius 3 is 2.88 bits per heavy atom. The Morgan fingerprint density at radius 1 is 1.47 bits per heavy atom. The molecule has 17 heavy (non-hydrogen) atoms. The van der Waals surface area contributed by atoms with E-state index < -0.39 is 0 Å². The van der Waals surface area contributed by atoms with E-state index in [0.29, 0.717) is 0 Å². The van der Waals surface area contributed by atoms with Crippen molar-refractivity contribution in [3.05, 3.63) is 18.2 Å². The molecule has 1 aliphatic carbocycles. The van der Waals surface area contributed by atoms with Gasteiger partial charge in [-0.3, -0.25) is 0 Å². The first-order valence-corrected chi connectivity index (χ1v) is 6.88. The molecule has 1 saturated carbocycles. The standard InChI is InChI=1S/C14H25N3/c1-4-10-17-11-9-16-13(17)14(2,3)7-8-15-12-5-6-12/h9,11-12,15H,4-8,10H2,1-3H3. The number of hydrogen-bond donors (Lipinski definition) is 1. The fraction of sp³-hybridized carbons (Fsp3) is 0.786. The second-order valence-corrected chi connectivity index (χ2v) is 5.81. The number of aryl methyl sites for hydroxylation is 1. The van der Waals surface area contributed by atoms with Gasteiger partial charge in [0.15, 0.2) is 0 Å². The summed E-state index contributed by atoms with van der Waals surface area (Å²) in [6, 6.07) is 0.807. The van der Waals surface area contributed by atoms with Crippen LogP contribution in [0.1, 0.15) is 52.3 Å². The van der Waals surface area contributed by atoms with Crippen molar-refractivity contribution < 1.29 is 0 Å². The van der Waals surface area contributed by atoms with Crippen molar-refractivity contribution in [2.45, 2.75) is 64.5 Å². The van der Waals surface area contributed by atoms with Crippen LogP contribution in [-0.2, 0) is 12.0 Å². The highest BCUT2D eigenvalue weighted by Crippen LogP contribution is 2.26. The van der Waals surface area contributed by atoms with Crippen LogP contribution in [-0.4, -0.2) is 22.1 Å². The molecule has 1 aromatic heterocycles. The molecule has 3 heteroatoms. The molecular formula is C14H25N3. The normalized spacial score (nSPS) is 16.4. The Morgan fingerprint density at radius 2 is 2.24 bits per heavy atom. The summed E-state index contributed by atoms with van der Waals surface area (Å²) in [5.74, 6) is 1.23. The van der Waals surface area contributed by atoms with Gasteiger partial charge >= 0.3 is 0 Å². The monoisotopic (exact) mass is 235 g/mol. The summed E-state index contributed by atoms with van der Waals surface area (Å²) in [5, 5.41) is 3.59. The molecule has 1 aliphatic rings. The first kappa shape index (κ1) is 12.6. The molecule has 96 valence electrons. The van der Waals surface area contributed by atoms with E-state index in [4.69, 9.17) is 0 Å². The zero-order valence-corrected chi connectivity index (χ0v) is 11.4. The quantitative estimate of drug-likeness (QED) is 0.787. The number of nitrogens with zero attached hydrogens (tertiary/aromatic N) is 2. The maximum Gasteiger partial charge on any atom is 0.114 e. The Balaban J connectivity index is 1.93. The van der Waals surface area contributed by atoms with Crippen LogP contribution in [0.5, 0.6) is 0 Å². The third kappa shape index (κ3) is 3.32. The molecule has 0 saturated heterocycles. The molecule has 1 fully saturated rings. The number of nitrogens with one attached hydrogen (secondary N) is 1. The second kappa shape index (κ2) is 5.21. The molecule has 0 unspecified atom stereocenters. The topological polar surface area (TPSA) is 29.9 Å². The Labute approximate surface area is 105 Å². The van der Waals surface area contributed by atoms with Crippen LogP contribution in [0.15, 0.2) is 12.4 Å². The highest BCUT2D eigenvalue weighted by Gasteiger charge is 2.27. The molecule has 0 radical (unpaired) electrons. The third-order valence-corrected chi connectivity index (χ3v) is 3.55. The van der Waals surface area contributed by atoms with Gasteiger partial charge in [-0.2, -0.15) is 0 Å². The molecule has 0 bridgehead atoms. The molecule has 1 aromatic rings. The van der Waals surface area contributed by atoms with Gasteiger partial charge in [-0.1, -0.05) is 20.8 Å². The minimum Gasteiger partial charge on any atom is -0.335 e. The molecule has 2 rings (SSSR count). The molecule has 0 aliphatic heterocycles. The lowest BCUT2D eigenvalue weighted by Crippen LogP contribution is -2.29. The molecule has 3 nitrogen and oxygen atoms in total. The van der Waals surface area contributed by atoms with Crippen LogP contribution in [0.25, 0.3) is 0 Å². The minimum absolute atomic E-state index is 0.167. The van der Waals surface area contributed by atoms with Gasteiger partial charge in [-0.25, -0.2) is 4.98 Å². The number of aromatic nitrogens is 2. The Kier molecular flexibility index (Phi) is 3.87. The van der Waals surface area contributed by atoms with Crippen LogP contribution in [0.2, 0.25) is 0 Å². The van der Waals surface area contributed by atoms with E-state index in [1.165, 1.54) is 25.1 Å². The summed E-state index contributed by atoms with van der Waals surface area (Å²) in [7, 11) is 0. The van der Waals surface area contributed by atoms with Crippen molar-refractivity contribution in [2.75, 3.05) is 6.54 Å². The first-order chi connectivity index (χ1) is 8.13. The summed E-state index contributed by atoms with van der Waals surface area (Å²) in [5.41, 5.74) is 0.167. The zero-order chi connectivity index (χ0) is 12.3. The SMILES string of the molecule is CCCn1ccnc1C(C)(C)CCNC1CC1. The third-order valence-electron chi connectivity index (χ3n) is 3.55. The smallest absolute Gasteiger partial charge is 0.114 e. The maximum atomic E-state index is 4.56. The Hall–Kier alpha value is -0.830. The largest absolute Gasteiger partial charge is 0.335 e. The van der Waals surface area contributed by atoms with Crippen molar-refractivity contribution in [3.8, 4) is 0 Å². The average molecular weight is 235 g/mol. The lowest BCUT2D eigenvalue weighted by Gasteiger charge is -2.25. The van der Waals surface area contributed by atoms with Crippen molar-refractivity contribution in [1.82, 2.24) is 14.9 Å².